The molecule has 1 aliphatic rings. The molecule has 1 saturated heterocycles. The molecule has 1 amide bonds. The smallest absolute Gasteiger partial charge is 0.227 e. The number of carbonyl (C=O) groups is 1. The normalized spacial score (nSPS) is 17.7. The van der Waals surface area contributed by atoms with Gasteiger partial charge in [-0.25, -0.2) is 0 Å². The van der Waals surface area contributed by atoms with Gasteiger partial charge in [-0.1, -0.05) is 19.0 Å². The van der Waals surface area contributed by atoms with Gasteiger partial charge in [0.15, 0.2) is 5.76 Å². The molecule has 2 aromatic heterocycles. The quantitative estimate of drug-likeness (QED) is 0.834. The third-order valence-corrected chi connectivity index (χ3v) is 4.95. The molecule has 0 aromatic carbocycles. The number of hydrogen-bond acceptors (Lipinski definition) is 4. The summed E-state index contributed by atoms with van der Waals surface area (Å²) in [7, 11) is 0. The van der Waals surface area contributed by atoms with E-state index in [1.54, 1.807) is 0 Å². The van der Waals surface area contributed by atoms with Crippen molar-refractivity contribution in [1.82, 2.24) is 19.8 Å². The van der Waals surface area contributed by atoms with Crippen molar-refractivity contribution in [1.29, 1.82) is 0 Å². The number of carbonyl (C=O) groups excluding carboxylic acids is 1. The van der Waals surface area contributed by atoms with Gasteiger partial charge in [-0.05, 0) is 39.5 Å². The lowest BCUT2D eigenvalue weighted by molar-refractivity contribution is -0.131. The van der Waals surface area contributed by atoms with Crippen LogP contribution in [0.3, 0.4) is 0 Å². The van der Waals surface area contributed by atoms with Gasteiger partial charge in [0, 0.05) is 30.4 Å². The molecule has 2 aromatic rings. The first kappa shape index (κ1) is 17.7. The van der Waals surface area contributed by atoms with E-state index in [0.29, 0.717) is 12.3 Å². The largest absolute Gasteiger partial charge is 0.359 e. The molecule has 25 heavy (non-hydrogen) atoms. The zero-order valence-electron chi connectivity index (χ0n) is 15.9. The number of aromatic nitrogens is 3. The minimum atomic E-state index is 0.0139. The molecule has 136 valence electrons. The third-order valence-electron chi connectivity index (χ3n) is 4.95. The first-order chi connectivity index (χ1) is 11.9. The van der Waals surface area contributed by atoms with E-state index in [1.807, 2.05) is 29.5 Å². The predicted molar refractivity (Wildman–Crippen MR) is 95.2 cm³/mol. The van der Waals surface area contributed by atoms with Crippen LogP contribution in [0.1, 0.15) is 61.1 Å². The van der Waals surface area contributed by atoms with Crippen LogP contribution in [0.2, 0.25) is 0 Å². The van der Waals surface area contributed by atoms with Crippen molar-refractivity contribution < 1.29 is 9.32 Å². The fraction of sp³-hybridized carbons (Fsp3) is 0.632. The Labute approximate surface area is 149 Å². The minimum Gasteiger partial charge on any atom is -0.359 e. The second-order valence-corrected chi connectivity index (χ2v) is 7.52. The molecule has 0 radical (unpaired) electrons. The highest BCUT2D eigenvalue weighted by Gasteiger charge is 2.33. The van der Waals surface area contributed by atoms with Gasteiger partial charge in [-0.15, -0.1) is 0 Å². The van der Waals surface area contributed by atoms with Crippen LogP contribution >= 0.6 is 0 Å². The van der Waals surface area contributed by atoms with Crippen LogP contribution in [0.4, 0.5) is 0 Å². The zero-order valence-corrected chi connectivity index (χ0v) is 15.9. The zero-order chi connectivity index (χ0) is 18.1. The van der Waals surface area contributed by atoms with Crippen molar-refractivity contribution in [2.75, 3.05) is 6.54 Å². The summed E-state index contributed by atoms with van der Waals surface area (Å²) in [4.78, 5) is 14.9. The molecule has 0 spiro atoms. The summed E-state index contributed by atoms with van der Waals surface area (Å²) in [6.07, 6.45) is 2.34. The molecule has 6 nitrogen and oxygen atoms in total. The van der Waals surface area contributed by atoms with Gasteiger partial charge in [0.25, 0.3) is 0 Å². The molecule has 0 aliphatic carbocycles. The number of hydrogen-bond donors (Lipinski definition) is 0. The topological polar surface area (TPSA) is 64.2 Å². The molecular formula is C19H28N4O2. The van der Waals surface area contributed by atoms with Crippen molar-refractivity contribution >= 4 is 5.91 Å². The van der Waals surface area contributed by atoms with Crippen LogP contribution in [0, 0.1) is 26.7 Å². The van der Waals surface area contributed by atoms with Crippen molar-refractivity contribution in [2.45, 2.75) is 66.5 Å². The van der Waals surface area contributed by atoms with Crippen molar-refractivity contribution in [3.63, 3.8) is 0 Å². The van der Waals surface area contributed by atoms with E-state index in [2.05, 4.69) is 31.0 Å². The fourth-order valence-corrected chi connectivity index (χ4v) is 3.67. The van der Waals surface area contributed by atoms with Crippen LogP contribution in [0.5, 0.6) is 0 Å². The molecular weight excluding hydrogens is 316 g/mol. The monoisotopic (exact) mass is 344 g/mol. The van der Waals surface area contributed by atoms with Crippen molar-refractivity contribution in [2.24, 2.45) is 5.92 Å². The van der Waals surface area contributed by atoms with E-state index in [4.69, 9.17) is 4.52 Å². The number of nitrogens with zero attached hydrogens (tertiary/aromatic N) is 4. The molecule has 1 fully saturated rings. The Balaban J connectivity index is 1.77. The summed E-state index contributed by atoms with van der Waals surface area (Å²) in [5.74, 6) is 1.47. The standard InChI is InChI=1S/C19H28N4O2/c1-12(2)11-23-15(5)16(14(4)20-23)10-19(24)22-8-6-7-17(22)18-9-13(3)21-25-18/h9,12,17H,6-8,10-11H2,1-5H3/t17-/m0/s1. The second-order valence-electron chi connectivity index (χ2n) is 7.52. The van der Waals surface area contributed by atoms with Crippen LogP contribution in [0.15, 0.2) is 10.6 Å². The van der Waals surface area contributed by atoms with E-state index in [1.165, 1.54) is 0 Å². The summed E-state index contributed by atoms with van der Waals surface area (Å²) >= 11 is 0. The Morgan fingerprint density at radius 2 is 2.12 bits per heavy atom. The number of amides is 1. The molecule has 0 bridgehead atoms. The minimum absolute atomic E-state index is 0.0139. The van der Waals surface area contributed by atoms with Crippen LogP contribution in [-0.4, -0.2) is 32.3 Å². The number of likely N-dealkylation sites (tertiary alicyclic amines) is 1. The number of aryl methyl sites for hydroxylation is 2. The van der Waals surface area contributed by atoms with E-state index in [9.17, 15) is 4.79 Å². The molecule has 1 aliphatic heterocycles. The molecule has 3 rings (SSSR count). The summed E-state index contributed by atoms with van der Waals surface area (Å²) in [6, 6.07) is 1.95. The molecule has 0 saturated carbocycles. The van der Waals surface area contributed by atoms with Gasteiger partial charge in [-0.2, -0.15) is 5.10 Å². The van der Waals surface area contributed by atoms with E-state index >= 15 is 0 Å². The van der Waals surface area contributed by atoms with Crippen LogP contribution in [-0.2, 0) is 17.8 Å². The highest BCUT2D eigenvalue weighted by molar-refractivity contribution is 5.80. The van der Waals surface area contributed by atoms with Crippen molar-refractivity contribution in [3.8, 4) is 0 Å². The molecule has 1 atom stereocenters. The highest BCUT2D eigenvalue weighted by atomic mass is 16.5. The van der Waals surface area contributed by atoms with Gasteiger partial charge >= 0.3 is 0 Å². The van der Waals surface area contributed by atoms with E-state index in [-0.39, 0.29) is 11.9 Å². The Bertz CT molecular complexity index is 760. The maximum atomic E-state index is 13.0. The Kier molecular flexibility index (Phi) is 4.97. The van der Waals surface area contributed by atoms with Gasteiger partial charge in [0.1, 0.15) is 0 Å². The maximum absolute atomic E-state index is 13.0. The summed E-state index contributed by atoms with van der Waals surface area (Å²) in [5.41, 5.74) is 3.98. The van der Waals surface area contributed by atoms with E-state index in [0.717, 1.165) is 54.3 Å². The third kappa shape index (κ3) is 3.62. The molecule has 0 unspecified atom stereocenters. The average molecular weight is 344 g/mol. The summed E-state index contributed by atoms with van der Waals surface area (Å²) < 4.78 is 7.45. The van der Waals surface area contributed by atoms with Crippen LogP contribution in [0.25, 0.3) is 0 Å². The summed E-state index contributed by atoms with van der Waals surface area (Å²) in [5, 5.41) is 8.60. The van der Waals surface area contributed by atoms with Gasteiger partial charge < -0.3 is 9.42 Å². The average Bonchev–Trinajstić information content (AvgIpc) is 3.23. The first-order valence-electron chi connectivity index (χ1n) is 9.12. The fourth-order valence-electron chi connectivity index (χ4n) is 3.67. The summed E-state index contributed by atoms with van der Waals surface area (Å²) in [6.45, 7) is 12.0. The Morgan fingerprint density at radius 3 is 2.76 bits per heavy atom. The first-order valence-corrected chi connectivity index (χ1v) is 9.12. The highest BCUT2D eigenvalue weighted by Crippen LogP contribution is 2.33. The SMILES string of the molecule is Cc1cc([C@@H]2CCCN2C(=O)Cc2c(C)nn(CC(C)C)c2C)on1. The van der Waals surface area contributed by atoms with Gasteiger partial charge in [-0.3, -0.25) is 9.48 Å². The molecule has 3 heterocycles. The number of rotatable bonds is 5. The lowest BCUT2D eigenvalue weighted by Gasteiger charge is -2.22. The maximum Gasteiger partial charge on any atom is 0.227 e. The Hall–Kier alpha value is -2.11. The van der Waals surface area contributed by atoms with E-state index < -0.39 is 0 Å². The Morgan fingerprint density at radius 1 is 1.36 bits per heavy atom. The molecule has 0 N–H and O–H groups in total. The van der Waals surface area contributed by atoms with Crippen LogP contribution < -0.4 is 0 Å². The lowest BCUT2D eigenvalue weighted by atomic mass is 10.1. The second kappa shape index (κ2) is 7.02. The van der Waals surface area contributed by atoms with Crippen molar-refractivity contribution in [3.05, 3.63) is 34.5 Å². The molecule has 6 heteroatoms. The lowest BCUT2D eigenvalue weighted by Crippen LogP contribution is -2.32. The van der Waals surface area contributed by atoms with Gasteiger partial charge in [0.2, 0.25) is 5.91 Å². The van der Waals surface area contributed by atoms with Gasteiger partial charge in [0.05, 0.1) is 23.9 Å². The predicted octanol–water partition coefficient (Wildman–Crippen LogP) is 3.36.